The topological polar surface area (TPSA) is 81.7 Å². The molecule has 104 valence electrons. The second kappa shape index (κ2) is 4.92. The summed E-state index contributed by atoms with van der Waals surface area (Å²) in [5, 5.41) is 17.7. The van der Waals surface area contributed by atoms with Crippen LogP contribution >= 0.6 is 0 Å². The van der Waals surface area contributed by atoms with Gasteiger partial charge in [0.2, 0.25) is 0 Å². The van der Waals surface area contributed by atoms with E-state index in [4.69, 9.17) is 0 Å². The van der Waals surface area contributed by atoms with Crippen molar-refractivity contribution >= 4 is 9.84 Å². The van der Waals surface area contributed by atoms with E-state index in [0.717, 1.165) is 17.5 Å². The van der Waals surface area contributed by atoms with E-state index in [-0.39, 0.29) is 5.75 Å². The molecule has 0 N–H and O–H groups in total. The van der Waals surface area contributed by atoms with Gasteiger partial charge in [0.05, 0.1) is 12.1 Å². The van der Waals surface area contributed by atoms with Crippen LogP contribution < -0.4 is 0 Å². The lowest BCUT2D eigenvalue weighted by atomic mass is 10.0. The summed E-state index contributed by atoms with van der Waals surface area (Å²) in [6.07, 6.45) is 0.892. The van der Waals surface area contributed by atoms with Crippen LogP contribution in [0.3, 0.4) is 0 Å². The molecular weight excluding hydrogens is 272 g/mol. The van der Waals surface area contributed by atoms with Crippen LogP contribution in [0, 0.1) is 28.1 Å². The zero-order valence-electron chi connectivity index (χ0n) is 11.5. The number of aryl methyl sites for hydroxylation is 1. The molecule has 5 heteroatoms. The zero-order valence-corrected chi connectivity index (χ0v) is 12.3. The summed E-state index contributed by atoms with van der Waals surface area (Å²) in [6, 6.07) is 11.4. The Morgan fingerprint density at radius 2 is 1.70 bits per heavy atom. The van der Waals surface area contributed by atoms with Crippen molar-refractivity contribution in [2.75, 3.05) is 5.75 Å². The maximum Gasteiger partial charge on any atom is 0.169 e. The maximum atomic E-state index is 12.1. The Labute approximate surface area is 119 Å². The van der Waals surface area contributed by atoms with Gasteiger partial charge in [-0.2, -0.15) is 10.5 Å². The highest BCUT2D eigenvalue weighted by Gasteiger charge is 2.72. The van der Waals surface area contributed by atoms with E-state index in [0.29, 0.717) is 0 Å². The van der Waals surface area contributed by atoms with Crippen molar-refractivity contribution in [3.63, 3.8) is 0 Å². The van der Waals surface area contributed by atoms with Crippen LogP contribution in [0.15, 0.2) is 24.3 Å². The Morgan fingerprint density at radius 3 is 2.10 bits per heavy atom. The van der Waals surface area contributed by atoms with Gasteiger partial charge in [-0.15, -0.1) is 0 Å². The molecule has 0 unspecified atom stereocenters. The highest BCUT2D eigenvalue weighted by molar-refractivity contribution is 7.92. The SMILES string of the molecule is CCc1ccc([C@H]2[C@@H](S(=O)(=O)CC)C2(C#N)C#N)cc1. The third-order valence-corrected chi connectivity index (χ3v) is 6.26. The van der Waals surface area contributed by atoms with E-state index in [2.05, 4.69) is 0 Å². The monoisotopic (exact) mass is 288 g/mol. The molecule has 1 saturated carbocycles. The third-order valence-electron chi connectivity index (χ3n) is 4.04. The fourth-order valence-corrected chi connectivity index (χ4v) is 4.60. The van der Waals surface area contributed by atoms with Crippen LogP contribution in [0.1, 0.15) is 30.9 Å². The van der Waals surface area contributed by atoms with Crippen molar-refractivity contribution in [1.29, 1.82) is 10.5 Å². The highest BCUT2D eigenvalue weighted by Crippen LogP contribution is 2.62. The fraction of sp³-hybridized carbons (Fsp3) is 0.467. The van der Waals surface area contributed by atoms with Crippen LogP contribution in [-0.2, 0) is 16.3 Å². The van der Waals surface area contributed by atoms with Gasteiger partial charge in [0.25, 0.3) is 0 Å². The summed E-state index contributed by atoms with van der Waals surface area (Å²) in [4.78, 5) is 0. The molecule has 2 atom stereocenters. The Kier molecular flexibility index (Phi) is 3.58. The molecule has 1 aromatic rings. The molecule has 4 nitrogen and oxygen atoms in total. The molecule has 0 spiro atoms. The number of sulfone groups is 1. The molecule has 0 heterocycles. The predicted octanol–water partition coefficient (Wildman–Crippen LogP) is 2.18. The van der Waals surface area contributed by atoms with Crippen molar-refractivity contribution in [1.82, 2.24) is 0 Å². The Bertz CT molecular complexity index is 679. The standard InChI is InChI=1S/C15H16N2O2S/c1-3-11-5-7-12(8-6-11)13-14(20(18,19)4-2)15(13,9-16)10-17/h5-8,13-14H,3-4H2,1-2H3/t13-,14+/m0/s1. The maximum absolute atomic E-state index is 12.1. The van der Waals surface area contributed by atoms with Crippen molar-refractivity contribution in [3.05, 3.63) is 35.4 Å². The predicted molar refractivity (Wildman–Crippen MR) is 75.5 cm³/mol. The molecule has 2 rings (SSSR count). The fourth-order valence-electron chi connectivity index (χ4n) is 2.72. The summed E-state index contributed by atoms with van der Waals surface area (Å²) >= 11 is 0. The van der Waals surface area contributed by atoms with Gasteiger partial charge in [0.1, 0.15) is 5.25 Å². The van der Waals surface area contributed by atoms with Gasteiger partial charge in [-0.25, -0.2) is 8.42 Å². The number of nitrogens with zero attached hydrogens (tertiary/aromatic N) is 2. The number of nitriles is 2. The van der Waals surface area contributed by atoms with E-state index in [1.54, 1.807) is 6.92 Å². The zero-order chi connectivity index (χ0) is 15.0. The number of rotatable bonds is 4. The van der Waals surface area contributed by atoms with Crippen LogP contribution in [0.2, 0.25) is 0 Å². The molecule has 20 heavy (non-hydrogen) atoms. The first-order chi connectivity index (χ1) is 9.46. The van der Waals surface area contributed by atoms with E-state index in [9.17, 15) is 18.9 Å². The van der Waals surface area contributed by atoms with Gasteiger partial charge in [0, 0.05) is 11.7 Å². The van der Waals surface area contributed by atoms with E-state index in [1.807, 2.05) is 43.3 Å². The third kappa shape index (κ3) is 1.99. The molecule has 1 aliphatic carbocycles. The molecule has 0 aliphatic heterocycles. The van der Waals surface area contributed by atoms with Gasteiger partial charge in [-0.1, -0.05) is 38.1 Å². The lowest BCUT2D eigenvalue weighted by Crippen LogP contribution is -2.15. The summed E-state index contributed by atoms with van der Waals surface area (Å²) in [5.74, 6) is -0.583. The lowest BCUT2D eigenvalue weighted by Gasteiger charge is -2.02. The van der Waals surface area contributed by atoms with Crippen LogP contribution in [0.25, 0.3) is 0 Å². The molecule has 1 aromatic carbocycles. The molecular formula is C15H16N2O2S. The molecule has 0 radical (unpaired) electrons. The van der Waals surface area contributed by atoms with Crippen molar-refractivity contribution in [2.45, 2.75) is 31.4 Å². The average Bonchev–Trinajstić information content (AvgIpc) is 3.18. The van der Waals surface area contributed by atoms with E-state index < -0.39 is 26.4 Å². The first kappa shape index (κ1) is 14.6. The van der Waals surface area contributed by atoms with Gasteiger partial charge in [-0.3, -0.25) is 0 Å². The summed E-state index contributed by atoms with van der Waals surface area (Å²) in [6.45, 7) is 3.58. The Morgan fingerprint density at radius 1 is 1.15 bits per heavy atom. The summed E-state index contributed by atoms with van der Waals surface area (Å²) in [5.41, 5.74) is 0.471. The minimum Gasteiger partial charge on any atom is -0.228 e. The molecule has 0 bridgehead atoms. The number of hydrogen-bond donors (Lipinski definition) is 0. The van der Waals surface area contributed by atoms with E-state index in [1.165, 1.54) is 0 Å². The van der Waals surface area contributed by atoms with Crippen molar-refractivity contribution < 1.29 is 8.42 Å². The minimum absolute atomic E-state index is 0.0493. The first-order valence-electron chi connectivity index (χ1n) is 6.59. The van der Waals surface area contributed by atoms with Crippen molar-refractivity contribution in [2.24, 2.45) is 5.41 Å². The largest absolute Gasteiger partial charge is 0.228 e. The van der Waals surface area contributed by atoms with Gasteiger partial charge >= 0.3 is 0 Å². The summed E-state index contributed by atoms with van der Waals surface area (Å²) < 4.78 is 24.2. The molecule has 0 amide bonds. The number of hydrogen-bond acceptors (Lipinski definition) is 4. The molecule has 0 saturated heterocycles. The van der Waals surface area contributed by atoms with Crippen molar-refractivity contribution in [3.8, 4) is 12.1 Å². The number of benzene rings is 1. The lowest BCUT2D eigenvalue weighted by molar-refractivity contribution is 0.592. The van der Waals surface area contributed by atoms with Crippen LogP contribution in [-0.4, -0.2) is 19.4 Å². The molecule has 1 aliphatic rings. The highest BCUT2D eigenvalue weighted by atomic mass is 32.2. The second-order valence-electron chi connectivity index (χ2n) is 5.04. The van der Waals surface area contributed by atoms with E-state index >= 15 is 0 Å². The Balaban J connectivity index is 2.45. The van der Waals surface area contributed by atoms with Gasteiger partial charge in [-0.05, 0) is 17.5 Å². The average molecular weight is 288 g/mol. The first-order valence-corrected chi connectivity index (χ1v) is 8.31. The minimum atomic E-state index is -3.41. The van der Waals surface area contributed by atoms with Crippen LogP contribution in [0.4, 0.5) is 0 Å². The smallest absolute Gasteiger partial charge is 0.169 e. The quantitative estimate of drug-likeness (QED) is 0.850. The summed E-state index contributed by atoms with van der Waals surface area (Å²) in [7, 11) is -3.41. The van der Waals surface area contributed by atoms with Crippen LogP contribution in [0.5, 0.6) is 0 Å². The Hall–Kier alpha value is -1.85. The molecule has 0 aromatic heterocycles. The van der Waals surface area contributed by atoms with Gasteiger partial charge < -0.3 is 0 Å². The molecule has 1 fully saturated rings. The second-order valence-corrected chi connectivity index (χ2v) is 7.45. The normalized spacial score (nSPS) is 23.6. The van der Waals surface area contributed by atoms with Gasteiger partial charge in [0.15, 0.2) is 15.3 Å².